The van der Waals surface area contributed by atoms with Crippen molar-refractivity contribution in [3.05, 3.63) is 47.5 Å². The Hall–Kier alpha value is -8.36. The molecule has 1 aromatic carbocycles. The Bertz CT molecular complexity index is 3400. The van der Waals surface area contributed by atoms with Gasteiger partial charge in [0.2, 0.25) is 70.9 Å². The summed E-state index contributed by atoms with van der Waals surface area (Å²) in [6.45, 7) is 10.6. The highest BCUT2D eigenvalue weighted by molar-refractivity contribution is 6.01. The first-order chi connectivity index (χ1) is 50.5. The van der Waals surface area contributed by atoms with Crippen LogP contribution in [-0.2, 0) is 89.1 Å². The number of amides is 12. The molecule has 0 unspecified atom stereocenters. The van der Waals surface area contributed by atoms with E-state index in [0.717, 1.165) is 36.4 Å². The van der Waals surface area contributed by atoms with E-state index in [4.69, 9.17) is 14.2 Å². The number of nitrogens with zero attached hydrogens (tertiary/aromatic N) is 9. The minimum Gasteiger partial charge on any atom is -0.461 e. The van der Waals surface area contributed by atoms with Crippen LogP contribution in [0.2, 0.25) is 0 Å². The minimum atomic E-state index is -5.44. The SMILES string of the molecule is C=CCOC(=O)C[C@H]1C(=O)N(C)CC(=O)N[C@@H](CCc2cc(F)c(C(F)(F)F)c(F)c2)C(=O)N2C[C@H](OCC)C[C@H]2C(=O)NC2(CCC2)C(=O)N(C)[C@@H](C2CCCC2)C(=O)N(C)[C@H](C(=O)N2CCOCC2)CC(=O)N(C)[C@@H](CC(C)C)C(=O)N[C@@H]([C@@H](C)CC)C(=O)N(C)CC(=O)N(C)[C@H]2CCCCCN1C2=O. The maximum absolute atomic E-state index is 15.7. The number of alkyl halides is 3. The Morgan fingerprint density at radius 2 is 1.34 bits per heavy atom. The predicted molar refractivity (Wildman–Crippen MR) is 378 cm³/mol. The molecule has 12 amide bonds. The molecule has 1 aromatic rings. The smallest absolute Gasteiger partial charge is 0.422 e. The van der Waals surface area contributed by atoms with Gasteiger partial charge in [-0.15, -0.1) is 0 Å². The van der Waals surface area contributed by atoms with Crippen LogP contribution in [0.3, 0.4) is 0 Å². The fourth-order valence-corrected chi connectivity index (χ4v) is 15.3. The van der Waals surface area contributed by atoms with Gasteiger partial charge >= 0.3 is 12.1 Å². The molecular weight excluding hydrogens is 1410 g/mol. The van der Waals surface area contributed by atoms with Gasteiger partial charge in [0, 0.05) is 81.5 Å². The first kappa shape index (κ1) is 85.9. The Kier molecular flexibility index (Phi) is 30.6. The number of morpholine rings is 1. The van der Waals surface area contributed by atoms with Gasteiger partial charge in [-0.05, 0) is 107 Å². The molecule has 4 saturated heterocycles. The molecule has 4 heterocycles. The van der Waals surface area contributed by atoms with E-state index >= 15 is 47.1 Å². The van der Waals surface area contributed by atoms with Gasteiger partial charge < -0.3 is 74.3 Å². The van der Waals surface area contributed by atoms with Crippen LogP contribution in [0.5, 0.6) is 0 Å². The second-order valence-corrected chi connectivity index (χ2v) is 29.9. The molecule has 6 fully saturated rings. The van der Waals surface area contributed by atoms with Crippen molar-refractivity contribution in [2.45, 2.75) is 216 Å². The minimum absolute atomic E-state index is 0.0440. The van der Waals surface area contributed by atoms with Crippen LogP contribution in [0.25, 0.3) is 0 Å². The first-order valence-corrected chi connectivity index (χ1v) is 37.4. The third-order valence-electron chi connectivity index (χ3n) is 21.9. The number of fused-ring (bicyclic) bond motifs is 3. The zero-order chi connectivity index (χ0) is 79.1. The number of nitrogens with one attached hydrogen (secondary N) is 3. The summed E-state index contributed by atoms with van der Waals surface area (Å²) in [5, 5.41) is 8.35. The van der Waals surface area contributed by atoms with Crippen molar-refractivity contribution < 1.29 is 98.5 Å². The van der Waals surface area contributed by atoms with Gasteiger partial charge in [-0.25, -0.2) is 8.78 Å². The molecule has 33 heteroatoms. The molecule has 10 atom stereocenters. The fourth-order valence-electron chi connectivity index (χ4n) is 15.3. The van der Waals surface area contributed by atoms with Crippen LogP contribution >= 0.6 is 0 Å². The van der Waals surface area contributed by atoms with E-state index in [9.17, 15) is 37.1 Å². The van der Waals surface area contributed by atoms with Crippen molar-refractivity contribution in [3.63, 3.8) is 0 Å². The topological polar surface area (TPSA) is 315 Å². The second-order valence-electron chi connectivity index (χ2n) is 29.9. The van der Waals surface area contributed by atoms with Gasteiger partial charge in [0.1, 0.15) is 77.7 Å². The van der Waals surface area contributed by atoms with Crippen LogP contribution in [0.1, 0.15) is 155 Å². The van der Waals surface area contributed by atoms with Crippen molar-refractivity contribution in [3.8, 4) is 0 Å². The number of carbonyl (C=O) groups is 13. The largest absolute Gasteiger partial charge is 0.461 e. The summed E-state index contributed by atoms with van der Waals surface area (Å²) >= 11 is 0. The van der Waals surface area contributed by atoms with Gasteiger partial charge in [0.05, 0.1) is 45.2 Å². The van der Waals surface area contributed by atoms with E-state index in [0.29, 0.717) is 69.9 Å². The normalized spacial score (nSPS) is 26.7. The molecule has 7 rings (SSSR count). The molecule has 2 bridgehead atoms. The van der Waals surface area contributed by atoms with Crippen molar-refractivity contribution in [2.75, 3.05) is 108 Å². The van der Waals surface area contributed by atoms with E-state index < -0.39 is 211 Å². The number of carbonyl (C=O) groups excluding carboxylic acids is 13. The van der Waals surface area contributed by atoms with Crippen LogP contribution in [0.4, 0.5) is 22.0 Å². The number of ether oxygens (including phenoxy) is 3. The van der Waals surface area contributed by atoms with Gasteiger partial charge in [-0.2, -0.15) is 13.2 Å². The summed E-state index contributed by atoms with van der Waals surface area (Å²) in [6.07, 6.45) is -3.40. The predicted octanol–water partition coefficient (Wildman–Crippen LogP) is 3.59. The molecule has 3 N–H and O–H groups in total. The lowest BCUT2D eigenvalue weighted by Gasteiger charge is -2.47. The van der Waals surface area contributed by atoms with Crippen LogP contribution in [0.15, 0.2) is 24.8 Å². The van der Waals surface area contributed by atoms with Crippen molar-refractivity contribution in [2.24, 2.45) is 17.8 Å². The highest BCUT2D eigenvalue weighted by atomic mass is 19.4. The Morgan fingerprint density at radius 1 is 0.701 bits per heavy atom. The Balaban J connectivity index is 1.34. The number of halogens is 5. The maximum atomic E-state index is 15.7. The van der Waals surface area contributed by atoms with E-state index in [2.05, 4.69) is 22.5 Å². The molecule has 2 aliphatic carbocycles. The third-order valence-corrected chi connectivity index (χ3v) is 21.9. The summed E-state index contributed by atoms with van der Waals surface area (Å²) in [7, 11) is 8.01. The van der Waals surface area contributed by atoms with E-state index in [1.54, 1.807) is 20.8 Å². The number of likely N-dealkylation sites (N-methyl/N-ethyl adjacent to an activating group) is 6. The van der Waals surface area contributed by atoms with Crippen molar-refractivity contribution in [1.29, 1.82) is 0 Å². The number of benzene rings is 1. The second kappa shape index (κ2) is 38.1. The monoisotopic (exact) mass is 1520 g/mol. The first-order valence-electron chi connectivity index (χ1n) is 37.4. The number of hydrogen-bond acceptors (Lipinski definition) is 16. The maximum Gasteiger partial charge on any atom is 0.422 e. The highest BCUT2D eigenvalue weighted by Gasteiger charge is 2.54. The summed E-state index contributed by atoms with van der Waals surface area (Å²) in [6, 6.07) is -10.8. The highest BCUT2D eigenvalue weighted by Crippen LogP contribution is 2.39. The molecule has 4 aliphatic heterocycles. The van der Waals surface area contributed by atoms with Gasteiger partial charge in [-0.1, -0.05) is 72.5 Å². The van der Waals surface area contributed by atoms with Crippen LogP contribution in [-0.4, -0.2) is 289 Å². The Morgan fingerprint density at radius 3 is 1.93 bits per heavy atom. The van der Waals surface area contributed by atoms with E-state index in [-0.39, 0.29) is 96.2 Å². The summed E-state index contributed by atoms with van der Waals surface area (Å²) in [5.74, 6) is -15.9. The summed E-state index contributed by atoms with van der Waals surface area (Å²) in [4.78, 5) is 205. The standard InChI is InChI=1S/C74H109F5N12O16/c1-13-32-107-60(95)40-56-67(99)83(7)42-57(92)80-51(26-25-46-36-49(75)61(50(76)37-46)74(77,78)79)66(98)91-41-48(106-15-3)38-54(91)65(97)82-73(27-21-28-73)72(104)88(12)63(47-22-18-19-23-47)71(103)87(11)55(68(100)89-30-33-105-34-31-89)39-58(93)86(10)53(35-44(4)5)64(96)81-62(45(6)14-2)70(102)84(8)43-59(94)85(9)52-24-17-16-20-29-90(56)69(52)101/h13,36-37,44-45,47-48,51-56,62-63H,1,14-35,38-43H2,2-12H3,(H,80,92)(H,81,96)(H,82,97)/t45-,48+,51-,52-,53-,54-,55-,56-,62-,63-/m0/s1. The molecule has 28 nitrogen and oxygen atoms in total. The van der Waals surface area contributed by atoms with Crippen molar-refractivity contribution >= 4 is 76.9 Å². The molecule has 0 radical (unpaired) electrons. The van der Waals surface area contributed by atoms with Crippen LogP contribution < -0.4 is 16.0 Å². The quantitative estimate of drug-likeness (QED) is 0.128. The lowest BCUT2D eigenvalue weighted by atomic mass is 9.74. The average molecular weight is 1520 g/mol. The number of aryl methyl sites for hydroxylation is 1. The molecule has 2 saturated carbocycles. The van der Waals surface area contributed by atoms with Gasteiger partial charge in [-0.3, -0.25) is 62.3 Å². The van der Waals surface area contributed by atoms with Gasteiger partial charge in [0.25, 0.3) is 0 Å². The van der Waals surface area contributed by atoms with E-state index in [1.807, 2.05) is 13.8 Å². The average Bonchev–Trinajstić information content (AvgIpc) is 1.72. The number of rotatable bonds is 15. The lowest BCUT2D eigenvalue weighted by Crippen LogP contribution is -2.68. The Labute approximate surface area is 622 Å². The van der Waals surface area contributed by atoms with Crippen LogP contribution in [0, 0.1) is 29.4 Å². The van der Waals surface area contributed by atoms with E-state index in [1.165, 1.54) is 56.0 Å². The molecule has 1 spiro atoms. The molecule has 0 aromatic heterocycles. The third kappa shape index (κ3) is 21.1. The molecule has 6 aliphatic rings. The van der Waals surface area contributed by atoms with Crippen molar-refractivity contribution in [1.82, 2.24) is 60.0 Å². The zero-order valence-corrected chi connectivity index (χ0v) is 63.6. The molecular formula is C74H109F5N12O16. The lowest BCUT2D eigenvalue weighted by molar-refractivity contribution is -0.159. The van der Waals surface area contributed by atoms with Gasteiger partial charge in [0.15, 0.2) is 0 Å². The number of esters is 1. The molecule has 107 heavy (non-hydrogen) atoms. The summed E-state index contributed by atoms with van der Waals surface area (Å²) < 4.78 is 88.8. The summed E-state index contributed by atoms with van der Waals surface area (Å²) in [5.41, 5.74) is -4.25. The fraction of sp³-hybridized carbons (Fsp3) is 0.716. The number of hydrogen-bond donors (Lipinski definition) is 3. The molecule has 596 valence electrons. The zero-order valence-electron chi connectivity index (χ0n) is 63.6.